The Kier molecular flexibility index (Phi) is 7.79. The first kappa shape index (κ1) is 22.9. The van der Waals surface area contributed by atoms with Crippen LogP contribution in [0.2, 0.25) is 0 Å². The zero-order valence-corrected chi connectivity index (χ0v) is 18.6. The lowest BCUT2D eigenvalue weighted by molar-refractivity contribution is -0.124. The number of nitrogens with one attached hydrogen (secondary N) is 2. The summed E-state index contributed by atoms with van der Waals surface area (Å²) in [6, 6.07) is 8.19. The van der Waals surface area contributed by atoms with Crippen LogP contribution in [0.4, 0.5) is 4.39 Å². The number of carbonyl (C=O) groups excluding carboxylic acids is 3. The van der Waals surface area contributed by atoms with E-state index in [1.807, 2.05) is 31.4 Å². The Morgan fingerprint density at radius 1 is 1.13 bits per heavy atom. The largest absolute Gasteiger partial charge is 0.354 e. The Balaban J connectivity index is 1.67. The van der Waals surface area contributed by atoms with Gasteiger partial charge < -0.3 is 15.5 Å². The summed E-state index contributed by atoms with van der Waals surface area (Å²) in [5.74, 6) is -0.879. The number of carbonyl (C=O) groups is 3. The third kappa shape index (κ3) is 6.13. The number of hydrogen-bond donors (Lipinski definition) is 2. The van der Waals surface area contributed by atoms with Crippen molar-refractivity contribution in [3.8, 4) is 0 Å². The van der Waals surface area contributed by atoms with Crippen LogP contribution in [0.3, 0.4) is 0 Å². The number of amides is 3. The van der Waals surface area contributed by atoms with E-state index in [2.05, 4.69) is 10.6 Å². The first-order valence-corrected chi connectivity index (χ1v) is 11.4. The van der Waals surface area contributed by atoms with Gasteiger partial charge in [0.05, 0.1) is 4.88 Å². The summed E-state index contributed by atoms with van der Waals surface area (Å²) in [4.78, 5) is 40.7. The summed E-state index contributed by atoms with van der Waals surface area (Å²) >= 11 is 1.41. The highest BCUT2D eigenvalue weighted by Gasteiger charge is 2.34. The van der Waals surface area contributed by atoms with Gasteiger partial charge in [-0.3, -0.25) is 14.4 Å². The van der Waals surface area contributed by atoms with Crippen molar-refractivity contribution >= 4 is 29.1 Å². The van der Waals surface area contributed by atoms with Crippen molar-refractivity contribution < 1.29 is 18.8 Å². The molecule has 2 aromatic rings. The Hall–Kier alpha value is -2.74. The number of nitrogens with zero attached hydrogens (tertiary/aromatic N) is 1. The van der Waals surface area contributed by atoms with Crippen LogP contribution in [0.15, 0.2) is 41.8 Å². The molecule has 1 aromatic carbocycles. The van der Waals surface area contributed by atoms with Gasteiger partial charge in [-0.25, -0.2) is 4.39 Å². The van der Waals surface area contributed by atoms with E-state index < -0.39 is 17.8 Å². The molecule has 0 spiro atoms. The van der Waals surface area contributed by atoms with Gasteiger partial charge in [0.25, 0.3) is 11.8 Å². The van der Waals surface area contributed by atoms with Crippen molar-refractivity contribution in [1.29, 1.82) is 0 Å². The smallest absolute Gasteiger partial charge is 0.263 e. The fourth-order valence-electron chi connectivity index (χ4n) is 3.63. The van der Waals surface area contributed by atoms with Gasteiger partial charge in [0, 0.05) is 25.2 Å². The number of likely N-dealkylation sites (tertiary alicyclic amines) is 1. The third-order valence-corrected chi connectivity index (χ3v) is 6.25. The molecule has 0 bridgehead atoms. The van der Waals surface area contributed by atoms with E-state index in [1.165, 1.54) is 35.6 Å². The molecule has 1 aromatic heterocycles. The molecule has 31 heavy (non-hydrogen) atoms. The molecular formula is C23H28FN3O3S. The van der Waals surface area contributed by atoms with Crippen LogP contribution in [0.5, 0.6) is 0 Å². The molecule has 1 aliphatic heterocycles. The molecule has 3 amide bonds. The number of hydrogen-bond acceptors (Lipinski definition) is 4. The zero-order valence-electron chi connectivity index (χ0n) is 17.8. The predicted octanol–water partition coefficient (Wildman–Crippen LogP) is 3.31. The number of halogens is 1. The maximum Gasteiger partial charge on any atom is 0.263 e. The highest BCUT2D eigenvalue weighted by molar-refractivity contribution is 7.12. The third-order valence-electron chi connectivity index (χ3n) is 5.39. The van der Waals surface area contributed by atoms with Gasteiger partial charge in [0.1, 0.15) is 11.9 Å². The average molecular weight is 446 g/mol. The van der Waals surface area contributed by atoms with Crippen LogP contribution in [-0.4, -0.2) is 48.3 Å². The van der Waals surface area contributed by atoms with Crippen molar-refractivity contribution in [3.05, 3.63) is 58.0 Å². The average Bonchev–Trinajstić information content (AvgIpc) is 3.31. The minimum atomic E-state index is -0.713. The van der Waals surface area contributed by atoms with E-state index in [0.29, 0.717) is 42.9 Å². The quantitative estimate of drug-likeness (QED) is 0.686. The summed E-state index contributed by atoms with van der Waals surface area (Å²) in [5.41, 5.74) is 0.299. The number of benzene rings is 1. The zero-order chi connectivity index (χ0) is 22.4. The maximum atomic E-state index is 13.2. The van der Waals surface area contributed by atoms with Crippen molar-refractivity contribution in [1.82, 2.24) is 15.5 Å². The van der Waals surface area contributed by atoms with Gasteiger partial charge >= 0.3 is 0 Å². The fourth-order valence-corrected chi connectivity index (χ4v) is 4.32. The van der Waals surface area contributed by atoms with Crippen molar-refractivity contribution in [2.24, 2.45) is 11.8 Å². The van der Waals surface area contributed by atoms with Gasteiger partial charge in [-0.1, -0.05) is 19.9 Å². The van der Waals surface area contributed by atoms with E-state index >= 15 is 0 Å². The first-order chi connectivity index (χ1) is 14.8. The van der Waals surface area contributed by atoms with Crippen LogP contribution in [0, 0.1) is 17.7 Å². The van der Waals surface area contributed by atoms with E-state index in [9.17, 15) is 18.8 Å². The van der Waals surface area contributed by atoms with Gasteiger partial charge in [0.15, 0.2) is 0 Å². The Bertz CT molecular complexity index is 891. The highest BCUT2D eigenvalue weighted by Crippen LogP contribution is 2.24. The molecular weight excluding hydrogens is 417 g/mol. The topological polar surface area (TPSA) is 78.5 Å². The van der Waals surface area contributed by atoms with E-state index in [0.717, 1.165) is 0 Å². The lowest BCUT2D eigenvalue weighted by atomic mass is 9.88. The Labute approximate surface area is 185 Å². The fraction of sp³-hybridized carbons (Fsp3) is 0.435. The standard InChI is InChI=1S/C23H28FN3O3S/c1-15(2)14-25-22(29)20(26-21(28)17-5-7-18(24)8-6-17)16-9-11-27(12-10-16)23(30)19-4-3-13-31-19/h3-8,13,15-16,20H,9-12,14H2,1-2H3,(H,25,29)(H,26,28)/t20-/m1/s1. The van der Waals surface area contributed by atoms with Crippen molar-refractivity contribution in [2.45, 2.75) is 32.7 Å². The van der Waals surface area contributed by atoms with E-state index in [4.69, 9.17) is 0 Å². The molecule has 2 heterocycles. The number of thiophene rings is 1. The molecule has 3 rings (SSSR count). The number of rotatable bonds is 7. The van der Waals surface area contributed by atoms with Gasteiger partial charge in [-0.2, -0.15) is 0 Å². The van der Waals surface area contributed by atoms with Crippen LogP contribution in [0.25, 0.3) is 0 Å². The lowest BCUT2D eigenvalue weighted by Gasteiger charge is -2.35. The summed E-state index contributed by atoms with van der Waals surface area (Å²) in [6.45, 7) is 5.57. The van der Waals surface area contributed by atoms with Gasteiger partial charge in [-0.05, 0) is 60.4 Å². The van der Waals surface area contributed by atoms with Crippen LogP contribution in [0.1, 0.15) is 46.7 Å². The SMILES string of the molecule is CC(C)CNC(=O)[C@H](NC(=O)c1ccc(F)cc1)C1CCN(C(=O)c2cccs2)CC1. The maximum absolute atomic E-state index is 13.2. The summed E-state index contributed by atoms with van der Waals surface area (Å²) in [6.07, 6.45) is 1.22. The monoisotopic (exact) mass is 445 g/mol. The normalized spacial score (nSPS) is 15.5. The molecule has 6 nitrogen and oxygen atoms in total. The second-order valence-electron chi connectivity index (χ2n) is 8.20. The minimum Gasteiger partial charge on any atom is -0.354 e. The number of piperidine rings is 1. The van der Waals surface area contributed by atoms with Crippen molar-refractivity contribution in [3.63, 3.8) is 0 Å². The molecule has 1 saturated heterocycles. The van der Waals surface area contributed by atoms with E-state index in [1.54, 1.807) is 4.90 Å². The highest BCUT2D eigenvalue weighted by atomic mass is 32.1. The molecule has 0 radical (unpaired) electrons. The molecule has 1 atom stereocenters. The summed E-state index contributed by atoms with van der Waals surface area (Å²) in [5, 5.41) is 7.63. The minimum absolute atomic E-state index is 0.00427. The molecule has 1 aliphatic rings. The molecule has 0 aliphatic carbocycles. The molecule has 1 fully saturated rings. The molecule has 0 unspecified atom stereocenters. The predicted molar refractivity (Wildman–Crippen MR) is 118 cm³/mol. The second kappa shape index (κ2) is 10.5. The van der Waals surface area contributed by atoms with Gasteiger partial charge in [-0.15, -0.1) is 11.3 Å². The second-order valence-corrected chi connectivity index (χ2v) is 9.15. The lowest BCUT2D eigenvalue weighted by Crippen LogP contribution is -2.54. The van der Waals surface area contributed by atoms with Crippen LogP contribution in [-0.2, 0) is 4.79 Å². The summed E-state index contributed by atoms with van der Waals surface area (Å²) < 4.78 is 13.2. The van der Waals surface area contributed by atoms with Crippen LogP contribution < -0.4 is 10.6 Å². The Morgan fingerprint density at radius 3 is 2.39 bits per heavy atom. The van der Waals surface area contributed by atoms with E-state index in [-0.39, 0.29) is 23.7 Å². The van der Waals surface area contributed by atoms with Gasteiger partial charge in [0.2, 0.25) is 5.91 Å². The molecule has 8 heteroatoms. The first-order valence-electron chi connectivity index (χ1n) is 10.5. The van der Waals surface area contributed by atoms with Crippen LogP contribution >= 0.6 is 11.3 Å². The Morgan fingerprint density at radius 2 is 1.81 bits per heavy atom. The molecule has 166 valence electrons. The van der Waals surface area contributed by atoms with Crippen molar-refractivity contribution in [2.75, 3.05) is 19.6 Å². The summed E-state index contributed by atoms with van der Waals surface area (Å²) in [7, 11) is 0. The molecule has 2 N–H and O–H groups in total. The molecule has 0 saturated carbocycles.